The third-order valence-corrected chi connectivity index (χ3v) is 4.21. The molecule has 7 heteroatoms. The van der Waals surface area contributed by atoms with Crippen LogP contribution in [0, 0.1) is 24.1 Å². The van der Waals surface area contributed by atoms with Gasteiger partial charge < -0.3 is 9.15 Å². The van der Waals surface area contributed by atoms with Gasteiger partial charge in [0.25, 0.3) is 11.1 Å². The molecule has 0 N–H and O–H groups in total. The van der Waals surface area contributed by atoms with E-state index in [9.17, 15) is 4.39 Å². The van der Waals surface area contributed by atoms with Gasteiger partial charge in [-0.25, -0.2) is 4.39 Å². The van der Waals surface area contributed by atoms with E-state index in [1.165, 1.54) is 23.9 Å². The molecule has 0 atom stereocenters. The summed E-state index contributed by atoms with van der Waals surface area (Å²) in [4.78, 5) is 0. The Labute approximate surface area is 148 Å². The number of thioether (sulfide) groups is 1. The fraction of sp³-hybridized carbons (Fsp3) is 0.167. The van der Waals surface area contributed by atoms with E-state index in [4.69, 9.17) is 14.4 Å². The maximum atomic E-state index is 13.1. The second kappa shape index (κ2) is 7.81. The van der Waals surface area contributed by atoms with Gasteiger partial charge in [-0.15, -0.1) is 10.2 Å². The molecule has 2 aromatic carbocycles. The van der Waals surface area contributed by atoms with Crippen LogP contribution in [-0.4, -0.2) is 10.2 Å². The highest BCUT2D eigenvalue weighted by Gasteiger charge is 2.10. The monoisotopic (exact) mass is 355 g/mol. The molecule has 0 bridgehead atoms. The summed E-state index contributed by atoms with van der Waals surface area (Å²) in [5.74, 6) is 1.10. The second-order valence-electron chi connectivity index (χ2n) is 5.27. The van der Waals surface area contributed by atoms with Crippen LogP contribution in [0.3, 0.4) is 0 Å². The van der Waals surface area contributed by atoms with Gasteiger partial charge in [0.15, 0.2) is 6.61 Å². The molecule has 0 radical (unpaired) electrons. The normalized spacial score (nSPS) is 10.4. The quantitative estimate of drug-likeness (QED) is 0.615. The lowest BCUT2D eigenvalue weighted by Crippen LogP contribution is -1.95. The van der Waals surface area contributed by atoms with Crippen molar-refractivity contribution >= 4 is 11.8 Å². The maximum Gasteiger partial charge on any atom is 0.277 e. The van der Waals surface area contributed by atoms with E-state index in [0.29, 0.717) is 28.0 Å². The summed E-state index contributed by atoms with van der Waals surface area (Å²) in [5, 5.41) is 17.3. The van der Waals surface area contributed by atoms with Gasteiger partial charge in [0.2, 0.25) is 0 Å². The number of rotatable bonds is 6. The van der Waals surface area contributed by atoms with Crippen LogP contribution in [0.1, 0.15) is 22.6 Å². The van der Waals surface area contributed by atoms with Crippen molar-refractivity contribution in [3.63, 3.8) is 0 Å². The van der Waals surface area contributed by atoms with Gasteiger partial charge in [0.05, 0.1) is 11.6 Å². The van der Waals surface area contributed by atoms with Crippen molar-refractivity contribution in [1.29, 1.82) is 5.26 Å². The number of nitriles is 1. The van der Waals surface area contributed by atoms with Crippen LogP contribution in [0.2, 0.25) is 0 Å². The highest BCUT2D eigenvalue weighted by molar-refractivity contribution is 7.98. The second-order valence-corrected chi connectivity index (χ2v) is 6.20. The van der Waals surface area contributed by atoms with Crippen molar-refractivity contribution in [3.8, 4) is 11.8 Å². The van der Waals surface area contributed by atoms with Crippen molar-refractivity contribution in [1.82, 2.24) is 10.2 Å². The van der Waals surface area contributed by atoms with Crippen molar-refractivity contribution in [3.05, 3.63) is 70.9 Å². The molecule has 0 unspecified atom stereocenters. The van der Waals surface area contributed by atoms with Crippen LogP contribution in [0.4, 0.5) is 4.39 Å². The summed E-state index contributed by atoms with van der Waals surface area (Å²) in [6.07, 6.45) is 0. The Bertz CT molecular complexity index is 921. The van der Waals surface area contributed by atoms with Crippen LogP contribution in [0.15, 0.2) is 52.1 Å². The van der Waals surface area contributed by atoms with Crippen molar-refractivity contribution < 1.29 is 13.5 Å². The van der Waals surface area contributed by atoms with E-state index in [1.807, 2.05) is 37.3 Å². The molecule has 126 valence electrons. The molecular weight excluding hydrogens is 341 g/mol. The molecule has 1 aromatic heterocycles. The van der Waals surface area contributed by atoms with E-state index in [1.54, 1.807) is 6.07 Å². The molecule has 0 aliphatic carbocycles. The van der Waals surface area contributed by atoms with E-state index in [-0.39, 0.29) is 6.61 Å². The van der Waals surface area contributed by atoms with Crippen molar-refractivity contribution in [2.24, 2.45) is 0 Å². The first kappa shape index (κ1) is 17.0. The lowest BCUT2D eigenvalue weighted by atomic mass is 10.1. The third-order valence-electron chi connectivity index (χ3n) is 3.34. The zero-order chi connectivity index (χ0) is 17.6. The minimum Gasteiger partial charge on any atom is -0.484 e. The highest BCUT2D eigenvalue weighted by atomic mass is 32.2. The molecule has 0 saturated heterocycles. The smallest absolute Gasteiger partial charge is 0.277 e. The molecule has 3 aromatic rings. The largest absolute Gasteiger partial charge is 0.484 e. The Morgan fingerprint density at radius 1 is 1.24 bits per heavy atom. The number of halogens is 1. The number of benzene rings is 2. The molecule has 0 aliphatic heterocycles. The van der Waals surface area contributed by atoms with Crippen LogP contribution in [0.25, 0.3) is 0 Å². The summed E-state index contributed by atoms with van der Waals surface area (Å²) < 4.78 is 24.3. The lowest BCUT2D eigenvalue weighted by Gasteiger charge is -2.03. The summed E-state index contributed by atoms with van der Waals surface area (Å²) in [7, 11) is 0. The lowest BCUT2D eigenvalue weighted by molar-refractivity contribution is 0.252. The molecule has 0 saturated carbocycles. The van der Waals surface area contributed by atoms with Gasteiger partial charge in [0.1, 0.15) is 11.6 Å². The summed E-state index contributed by atoms with van der Waals surface area (Å²) in [6.45, 7) is 2.16. The van der Waals surface area contributed by atoms with Crippen molar-refractivity contribution in [2.75, 3.05) is 0 Å². The zero-order valence-corrected chi connectivity index (χ0v) is 14.2. The van der Waals surface area contributed by atoms with Crippen molar-refractivity contribution in [2.45, 2.75) is 24.5 Å². The van der Waals surface area contributed by atoms with Gasteiger partial charge in [0, 0.05) is 5.75 Å². The number of aromatic nitrogens is 2. The number of aryl methyl sites for hydroxylation is 1. The Kier molecular flexibility index (Phi) is 5.31. The predicted molar refractivity (Wildman–Crippen MR) is 90.5 cm³/mol. The fourth-order valence-electron chi connectivity index (χ4n) is 2.12. The Hall–Kier alpha value is -2.85. The van der Waals surface area contributed by atoms with Gasteiger partial charge in [-0.3, -0.25) is 0 Å². The minimum atomic E-state index is -0.432. The van der Waals surface area contributed by atoms with E-state index in [2.05, 4.69) is 10.2 Å². The van der Waals surface area contributed by atoms with Gasteiger partial charge in [-0.2, -0.15) is 5.26 Å². The molecule has 3 rings (SSSR count). The zero-order valence-electron chi connectivity index (χ0n) is 13.4. The first-order chi connectivity index (χ1) is 12.1. The summed E-state index contributed by atoms with van der Waals surface area (Å²) in [5.41, 5.74) is 2.12. The number of hydrogen-bond donors (Lipinski definition) is 0. The Balaban J connectivity index is 1.58. The molecule has 5 nitrogen and oxygen atoms in total. The van der Waals surface area contributed by atoms with Crippen LogP contribution in [0.5, 0.6) is 5.75 Å². The van der Waals surface area contributed by atoms with Crippen LogP contribution < -0.4 is 4.74 Å². The first-order valence-corrected chi connectivity index (χ1v) is 8.46. The first-order valence-electron chi connectivity index (χ1n) is 7.47. The molecule has 0 spiro atoms. The average molecular weight is 355 g/mol. The summed E-state index contributed by atoms with van der Waals surface area (Å²) in [6, 6.07) is 13.8. The fourth-order valence-corrected chi connectivity index (χ4v) is 2.91. The SMILES string of the molecule is Cc1cccc(OCc2nnc(SCc3ccc(F)cc3C#N)o2)c1. The maximum absolute atomic E-state index is 13.1. The Morgan fingerprint density at radius 3 is 2.92 bits per heavy atom. The molecule has 0 fully saturated rings. The van der Waals surface area contributed by atoms with E-state index >= 15 is 0 Å². The molecule has 0 aliphatic rings. The minimum absolute atomic E-state index is 0.178. The number of nitrogens with zero attached hydrogens (tertiary/aromatic N) is 3. The summed E-state index contributed by atoms with van der Waals surface area (Å²) >= 11 is 1.28. The third kappa shape index (κ3) is 4.58. The average Bonchev–Trinajstić information content (AvgIpc) is 3.07. The molecule has 1 heterocycles. The number of hydrogen-bond acceptors (Lipinski definition) is 6. The highest BCUT2D eigenvalue weighted by Crippen LogP contribution is 2.24. The van der Waals surface area contributed by atoms with Gasteiger partial charge >= 0.3 is 0 Å². The molecular formula is C18H14FN3O2S. The van der Waals surface area contributed by atoms with Gasteiger partial charge in [-0.1, -0.05) is 30.0 Å². The van der Waals surface area contributed by atoms with Crippen LogP contribution >= 0.6 is 11.8 Å². The van der Waals surface area contributed by atoms with E-state index in [0.717, 1.165) is 11.3 Å². The van der Waals surface area contributed by atoms with Gasteiger partial charge in [-0.05, 0) is 42.3 Å². The van der Waals surface area contributed by atoms with Crippen LogP contribution in [-0.2, 0) is 12.4 Å². The Morgan fingerprint density at radius 2 is 2.12 bits per heavy atom. The number of ether oxygens (including phenoxy) is 1. The molecule has 0 amide bonds. The predicted octanol–water partition coefficient (Wildman–Crippen LogP) is 4.26. The standard InChI is InChI=1S/C18H14FN3O2S/c1-12-3-2-4-16(7-12)23-10-17-21-22-18(24-17)25-11-13-5-6-15(19)8-14(13)9-20/h2-8H,10-11H2,1H3. The van der Waals surface area contributed by atoms with E-state index < -0.39 is 5.82 Å². The topological polar surface area (TPSA) is 71.9 Å². The molecule has 25 heavy (non-hydrogen) atoms.